The maximum absolute atomic E-state index is 12.7. The Balaban J connectivity index is 1.32. The zero-order valence-corrected chi connectivity index (χ0v) is 15.9. The Kier molecular flexibility index (Phi) is 5.78. The number of hydrogen-bond donors (Lipinski definition) is 0. The van der Waals surface area contributed by atoms with Crippen molar-refractivity contribution in [2.24, 2.45) is 5.92 Å². The smallest absolute Gasteiger partial charge is 0.225 e. The molecule has 2 fully saturated rings. The van der Waals surface area contributed by atoms with Crippen molar-refractivity contribution in [3.05, 3.63) is 53.9 Å². The SMILES string of the molecule is O=C(Cc1ccccc1)[C@@H]1CCCN(Cc2cnc(N3CCCC3)nc2)C1. The van der Waals surface area contributed by atoms with Gasteiger partial charge in [-0.2, -0.15) is 0 Å². The predicted octanol–water partition coefficient (Wildman–Crippen LogP) is 3.10. The van der Waals surface area contributed by atoms with Gasteiger partial charge in [-0.1, -0.05) is 30.3 Å². The van der Waals surface area contributed by atoms with E-state index in [0.717, 1.165) is 62.6 Å². The molecule has 0 spiro atoms. The molecule has 0 aliphatic carbocycles. The Labute approximate surface area is 161 Å². The lowest BCUT2D eigenvalue weighted by Crippen LogP contribution is -2.38. The summed E-state index contributed by atoms with van der Waals surface area (Å²) >= 11 is 0. The van der Waals surface area contributed by atoms with Crippen LogP contribution in [0.3, 0.4) is 0 Å². The summed E-state index contributed by atoms with van der Waals surface area (Å²) in [5.74, 6) is 1.36. The molecule has 0 saturated carbocycles. The topological polar surface area (TPSA) is 49.3 Å². The number of Topliss-reactive ketones (excluding diaryl/α,β-unsaturated/α-hetero) is 1. The summed E-state index contributed by atoms with van der Waals surface area (Å²) in [5, 5.41) is 0. The summed E-state index contributed by atoms with van der Waals surface area (Å²) < 4.78 is 0. The highest BCUT2D eigenvalue weighted by atomic mass is 16.1. The van der Waals surface area contributed by atoms with E-state index in [4.69, 9.17) is 0 Å². The first kappa shape index (κ1) is 18.1. The zero-order chi connectivity index (χ0) is 18.5. The van der Waals surface area contributed by atoms with E-state index >= 15 is 0 Å². The van der Waals surface area contributed by atoms with Crippen LogP contribution >= 0.6 is 0 Å². The molecule has 0 radical (unpaired) electrons. The molecule has 142 valence electrons. The molecule has 0 amide bonds. The standard InChI is InChI=1S/C22H28N4O/c27-21(13-18-7-2-1-3-8-18)20-9-6-10-25(17-20)16-19-14-23-22(24-15-19)26-11-4-5-12-26/h1-3,7-8,14-15,20H,4-6,9-13,16-17H2/t20-/m1/s1. The zero-order valence-electron chi connectivity index (χ0n) is 15.9. The van der Waals surface area contributed by atoms with Crippen LogP contribution in [0, 0.1) is 5.92 Å². The average Bonchev–Trinajstić information content (AvgIpc) is 3.24. The number of piperidine rings is 1. The fourth-order valence-electron chi connectivity index (χ4n) is 4.17. The van der Waals surface area contributed by atoms with E-state index in [1.807, 2.05) is 42.7 Å². The second-order valence-electron chi connectivity index (χ2n) is 7.79. The van der Waals surface area contributed by atoms with E-state index in [-0.39, 0.29) is 5.92 Å². The molecule has 2 aliphatic rings. The first-order chi connectivity index (χ1) is 13.3. The van der Waals surface area contributed by atoms with Gasteiger partial charge >= 0.3 is 0 Å². The molecule has 2 aromatic rings. The van der Waals surface area contributed by atoms with Crippen LogP contribution in [0.1, 0.15) is 36.8 Å². The number of carbonyl (C=O) groups excluding carboxylic acids is 1. The number of carbonyl (C=O) groups is 1. The van der Waals surface area contributed by atoms with Crippen molar-refractivity contribution in [2.45, 2.75) is 38.6 Å². The Morgan fingerprint density at radius 1 is 0.963 bits per heavy atom. The van der Waals surface area contributed by atoms with Gasteiger partial charge in [-0.3, -0.25) is 9.69 Å². The normalized spacial score (nSPS) is 20.7. The van der Waals surface area contributed by atoms with Gasteiger partial charge < -0.3 is 4.90 Å². The van der Waals surface area contributed by atoms with Crippen molar-refractivity contribution in [3.8, 4) is 0 Å². The summed E-state index contributed by atoms with van der Waals surface area (Å²) in [6, 6.07) is 10.1. The van der Waals surface area contributed by atoms with E-state index in [0.29, 0.717) is 12.2 Å². The maximum Gasteiger partial charge on any atom is 0.225 e. The van der Waals surface area contributed by atoms with E-state index in [1.165, 1.54) is 12.8 Å². The number of anilines is 1. The van der Waals surface area contributed by atoms with Gasteiger partial charge in [-0.05, 0) is 37.8 Å². The van der Waals surface area contributed by atoms with Crippen molar-refractivity contribution < 1.29 is 4.79 Å². The number of hydrogen-bond acceptors (Lipinski definition) is 5. The molecule has 3 heterocycles. The van der Waals surface area contributed by atoms with E-state index in [2.05, 4.69) is 19.8 Å². The number of likely N-dealkylation sites (tertiary alicyclic amines) is 1. The summed E-state index contributed by atoms with van der Waals surface area (Å²) in [7, 11) is 0. The van der Waals surface area contributed by atoms with Crippen molar-refractivity contribution in [3.63, 3.8) is 0 Å². The maximum atomic E-state index is 12.7. The van der Waals surface area contributed by atoms with Crippen LogP contribution in [0.2, 0.25) is 0 Å². The van der Waals surface area contributed by atoms with Crippen LogP contribution in [0.15, 0.2) is 42.7 Å². The Bertz CT molecular complexity index is 741. The molecule has 2 saturated heterocycles. The van der Waals surface area contributed by atoms with Gasteiger partial charge in [0.1, 0.15) is 5.78 Å². The summed E-state index contributed by atoms with van der Waals surface area (Å²) in [6.07, 6.45) is 9.01. The molecule has 4 rings (SSSR count). The molecule has 0 N–H and O–H groups in total. The first-order valence-corrected chi connectivity index (χ1v) is 10.1. The molecule has 0 unspecified atom stereocenters. The molecular formula is C22H28N4O. The van der Waals surface area contributed by atoms with Gasteiger partial charge in [-0.25, -0.2) is 9.97 Å². The van der Waals surface area contributed by atoms with Gasteiger partial charge in [-0.15, -0.1) is 0 Å². The van der Waals surface area contributed by atoms with Gasteiger partial charge in [0.15, 0.2) is 0 Å². The summed E-state index contributed by atoms with van der Waals surface area (Å²) in [6.45, 7) is 4.85. The summed E-state index contributed by atoms with van der Waals surface area (Å²) in [4.78, 5) is 26.4. The molecule has 0 bridgehead atoms. The van der Waals surface area contributed by atoms with Gasteiger partial charge in [0.25, 0.3) is 0 Å². The van der Waals surface area contributed by atoms with Crippen LogP contribution in [-0.2, 0) is 17.8 Å². The summed E-state index contributed by atoms with van der Waals surface area (Å²) in [5.41, 5.74) is 2.25. The number of rotatable bonds is 6. The predicted molar refractivity (Wildman–Crippen MR) is 107 cm³/mol. The molecular weight excluding hydrogens is 336 g/mol. The third-order valence-electron chi connectivity index (χ3n) is 5.67. The van der Waals surface area contributed by atoms with Crippen LogP contribution in [0.5, 0.6) is 0 Å². The highest BCUT2D eigenvalue weighted by Crippen LogP contribution is 2.21. The number of ketones is 1. The highest BCUT2D eigenvalue weighted by molar-refractivity contribution is 5.83. The minimum atomic E-state index is 0.142. The highest BCUT2D eigenvalue weighted by Gasteiger charge is 2.26. The van der Waals surface area contributed by atoms with Crippen molar-refractivity contribution >= 4 is 11.7 Å². The molecule has 1 aromatic heterocycles. The van der Waals surface area contributed by atoms with Crippen molar-refractivity contribution in [2.75, 3.05) is 31.1 Å². The molecule has 5 nitrogen and oxygen atoms in total. The lowest BCUT2D eigenvalue weighted by Gasteiger charge is -2.32. The molecule has 2 aliphatic heterocycles. The minimum Gasteiger partial charge on any atom is -0.341 e. The first-order valence-electron chi connectivity index (χ1n) is 10.1. The quantitative estimate of drug-likeness (QED) is 0.788. The van der Waals surface area contributed by atoms with Crippen LogP contribution in [0.4, 0.5) is 5.95 Å². The largest absolute Gasteiger partial charge is 0.341 e. The van der Waals surface area contributed by atoms with Gasteiger partial charge in [0, 0.05) is 56.5 Å². The number of nitrogens with zero attached hydrogens (tertiary/aromatic N) is 4. The second kappa shape index (κ2) is 8.61. The van der Waals surface area contributed by atoms with E-state index in [1.54, 1.807) is 0 Å². The van der Waals surface area contributed by atoms with Gasteiger partial charge in [0.2, 0.25) is 5.95 Å². The van der Waals surface area contributed by atoms with E-state index < -0.39 is 0 Å². The molecule has 27 heavy (non-hydrogen) atoms. The lowest BCUT2D eigenvalue weighted by molar-refractivity contribution is -0.123. The second-order valence-corrected chi connectivity index (χ2v) is 7.79. The Hall–Kier alpha value is -2.27. The Morgan fingerprint density at radius 3 is 2.44 bits per heavy atom. The monoisotopic (exact) mass is 364 g/mol. The van der Waals surface area contributed by atoms with Crippen molar-refractivity contribution in [1.82, 2.24) is 14.9 Å². The van der Waals surface area contributed by atoms with Crippen LogP contribution in [0.25, 0.3) is 0 Å². The Morgan fingerprint density at radius 2 is 1.70 bits per heavy atom. The van der Waals surface area contributed by atoms with Crippen LogP contribution in [-0.4, -0.2) is 46.8 Å². The van der Waals surface area contributed by atoms with Gasteiger partial charge in [0.05, 0.1) is 0 Å². The number of aromatic nitrogens is 2. The molecule has 5 heteroatoms. The number of benzene rings is 1. The molecule has 1 aromatic carbocycles. The average molecular weight is 364 g/mol. The molecule has 1 atom stereocenters. The third-order valence-corrected chi connectivity index (χ3v) is 5.67. The fourth-order valence-corrected chi connectivity index (χ4v) is 4.17. The third kappa shape index (κ3) is 4.72. The van der Waals surface area contributed by atoms with Crippen LogP contribution < -0.4 is 4.90 Å². The van der Waals surface area contributed by atoms with E-state index in [9.17, 15) is 4.79 Å². The fraction of sp³-hybridized carbons (Fsp3) is 0.500. The van der Waals surface area contributed by atoms with Crippen molar-refractivity contribution in [1.29, 1.82) is 0 Å². The minimum absolute atomic E-state index is 0.142. The lowest BCUT2D eigenvalue weighted by atomic mass is 9.90.